The van der Waals surface area contributed by atoms with Crippen molar-refractivity contribution in [3.63, 3.8) is 0 Å². The van der Waals surface area contributed by atoms with E-state index >= 15 is 0 Å². The van der Waals surface area contributed by atoms with Crippen LogP contribution in [0, 0.1) is 23.0 Å². The van der Waals surface area contributed by atoms with Crippen molar-refractivity contribution < 1.29 is 28.2 Å². The first-order chi connectivity index (χ1) is 19.9. The second-order valence-electron chi connectivity index (χ2n) is 10.4. The van der Waals surface area contributed by atoms with Crippen LogP contribution >= 0.6 is 0 Å². The van der Waals surface area contributed by atoms with Crippen LogP contribution in [0.5, 0.6) is 5.88 Å². The molecule has 0 aliphatic carbocycles. The lowest BCUT2D eigenvalue weighted by atomic mass is 10.1. The fourth-order valence-electron chi connectivity index (χ4n) is 5.32. The molecule has 0 amide bonds. The topological polar surface area (TPSA) is 118 Å². The molecule has 2 aliphatic rings. The summed E-state index contributed by atoms with van der Waals surface area (Å²) in [6.07, 6.45) is 3.82. The quantitative estimate of drug-likeness (QED) is 0.321. The van der Waals surface area contributed by atoms with Gasteiger partial charge in [0, 0.05) is 25.3 Å². The molecule has 0 spiro atoms. The summed E-state index contributed by atoms with van der Waals surface area (Å²) in [6, 6.07) is 10.9. The molecule has 0 saturated carbocycles. The Hall–Kier alpha value is -4.34. The number of carboxylic acids is 1. The summed E-state index contributed by atoms with van der Waals surface area (Å²) < 4.78 is 43.5. The highest BCUT2D eigenvalue weighted by atomic mass is 19.1. The molecule has 1 N–H and O–H groups in total. The number of carbonyl (C=O) groups is 1. The number of carboxylic acid groups (broad SMARTS) is 1. The lowest BCUT2D eigenvalue weighted by Gasteiger charge is -2.32. The van der Waals surface area contributed by atoms with Crippen LogP contribution in [0.3, 0.4) is 0 Å². The van der Waals surface area contributed by atoms with Gasteiger partial charge >= 0.3 is 5.97 Å². The zero-order chi connectivity index (χ0) is 28.5. The zero-order valence-electron chi connectivity index (χ0n) is 22.2. The molecule has 212 valence electrons. The summed E-state index contributed by atoms with van der Waals surface area (Å²) in [5.74, 6) is -1.52. The number of hydrogen-bond acceptors (Lipinski definition) is 7. The van der Waals surface area contributed by atoms with Crippen molar-refractivity contribution in [2.45, 2.75) is 51.1 Å². The number of ether oxygens (including phenoxy) is 2. The molecule has 4 aromatic rings. The van der Waals surface area contributed by atoms with Crippen molar-refractivity contribution in [2.24, 2.45) is 0 Å². The molecule has 0 radical (unpaired) electrons. The van der Waals surface area contributed by atoms with Crippen molar-refractivity contribution >= 4 is 17.0 Å². The van der Waals surface area contributed by atoms with Crippen LogP contribution in [0.2, 0.25) is 0 Å². The maximum atomic E-state index is 14.6. The molecule has 2 saturated heterocycles. The smallest absolute Gasteiger partial charge is 0.335 e. The number of aromatic nitrogens is 4. The Morgan fingerprint density at radius 2 is 1.95 bits per heavy atom. The second kappa shape index (κ2) is 11.3. The van der Waals surface area contributed by atoms with E-state index in [4.69, 9.17) is 19.7 Å². The van der Waals surface area contributed by atoms with E-state index in [9.17, 15) is 18.7 Å². The van der Waals surface area contributed by atoms with Crippen molar-refractivity contribution in [2.75, 3.05) is 19.7 Å². The first-order valence-electron chi connectivity index (χ1n) is 13.5. The van der Waals surface area contributed by atoms with Gasteiger partial charge in [-0.05, 0) is 49.6 Å². The lowest BCUT2D eigenvalue weighted by molar-refractivity contribution is -0.0592. The third-order valence-electron chi connectivity index (χ3n) is 7.75. The van der Waals surface area contributed by atoms with E-state index in [1.165, 1.54) is 18.3 Å². The minimum atomic E-state index is -0.979. The van der Waals surface area contributed by atoms with E-state index in [1.807, 2.05) is 6.07 Å². The minimum Gasteiger partial charge on any atom is -0.478 e. The molecule has 1 unspecified atom stereocenters. The van der Waals surface area contributed by atoms with Gasteiger partial charge in [-0.15, -0.1) is 5.10 Å². The summed E-state index contributed by atoms with van der Waals surface area (Å²) in [4.78, 5) is 18.6. The average Bonchev–Trinajstić information content (AvgIpc) is 3.49. The summed E-state index contributed by atoms with van der Waals surface area (Å²) in [6.45, 7) is 3.21. The van der Waals surface area contributed by atoms with Crippen LogP contribution in [-0.4, -0.2) is 61.1 Å². The van der Waals surface area contributed by atoms with Crippen molar-refractivity contribution in [1.82, 2.24) is 24.2 Å². The van der Waals surface area contributed by atoms with E-state index in [-0.39, 0.29) is 41.3 Å². The summed E-state index contributed by atoms with van der Waals surface area (Å²) in [5, 5.41) is 22.6. The Kier molecular flexibility index (Phi) is 7.38. The molecule has 41 heavy (non-hydrogen) atoms. The largest absolute Gasteiger partial charge is 0.478 e. The van der Waals surface area contributed by atoms with E-state index in [0.29, 0.717) is 13.1 Å². The van der Waals surface area contributed by atoms with Gasteiger partial charge in [0.15, 0.2) is 0 Å². The molecular weight excluding hydrogens is 534 g/mol. The summed E-state index contributed by atoms with van der Waals surface area (Å²) in [5.41, 5.74) is 2.16. The molecular formula is C29H28F2N6O4. The SMILES string of the molecule is N#Cc1ccc(COc2nn(C3CCN(Cc4nc5ccc(C(=O)O)cc5n4CC4CCO4)CC3)cc2F)c(F)c1. The van der Waals surface area contributed by atoms with Gasteiger partial charge in [-0.2, -0.15) is 9.65 Å². The van der Waals surface area contributed by atoms with Gasteiger partial charge in [-0.1, -0.05) is 6.07 Å². The van der Waals surface area contributed by atoms with Gasteiger partial charge in [0.05, 0.1) is 59.7 Å². The van der Waals surface area contributed by atoms with Crippen molar-refractivity contribution in [3.8, 4) is 11.9 Å². The minimum absolute atomic E-state index is 0.0231. The average molecular weight is 563 g/mol. The number of hydrogen-bond donors (Lipinski definition) is 1. The number of nitrogens with zero attached hydrogens (tertiary/aromatic N) is 6. The van der Waals surface area contributed by atoms with E-state index in [0.717, 1.165) is 61.9 Å². The summed E-state index contributed by atoms with van der Waals surface area (Å²) >= 11 is 0. The highest BCUT2D eigenvalue weighted by Gasteiger charge is 2.27. The molecule has 0 bridgehead atoms. The fraction of sp³-hybridized carbons (Fsp3) is 0.379. The van der Waals surface area contributed by atoms with Crippen LogP contribution in [0.25, 0.3) is 11.0 Å². The van der Waals surface area contributed by atoms with Crippen LogP contribution in [-0.2, 0) is 24.4 Å². The van der Waals surface area contributed by atoms with E-state index < -0.39 is 17.6 Å². The third-order valence-corrected chi connectivity index (χ3v) is 7.75. The van der Waals surface area contributed by atoms with Crippen LogP contribution in [0.15, 0.2) is 42.6 Å². The Morgan fingerprint density at radius 1 is 1.15 bits per heavy atom. The Morgan fingerprint density at radius 3 is 2.63 bits per heavy atom. The van der Waals surface area contributed by atoms with Gasteiger partial charge in [0.25, 0.3) is 5.88 Å². The Balaban J connectivity index is 1.10. The molecule has 6 rings (SSSR count). The van der Waals surface area contributed by atoms with Gasteiger partial charge in [-0.3, -0.25) is 9.58 Å². The number of aromatic carboxylic acids is 1. The Bertz CT molecular complexity index is 1630. The maximum absolute atomic E-state index is 14.6. The predicted molar refractivity (Wildman–Crippen MR) is 142 cm³/mol. The molecule has 2 aromatic heterocycles. The van der Waals surface area contributed by atoms with E-state index in [2.05, 4.69) is 14.6 Å². The lowest BCUT2D eigenvalue weighted by Crippen LogP contribution is -2.36. The number of nitriles is 1. The first-order valence-corrected chi connectivity index (χ1v) is 13.5. The van der Waals surface area contributed by atoms with Gasteiger partial charge in [-0.25, -0.2) is 14.2 Å². The molecule has 12 heteroatoms. The number of fused-ring (bicyclic) bond motifs is 1. The summed E-state index contributed by atoms with van der Waals surface area (Å²) in [7, 11) is 0. The highest BCUT2D eigenvalue weighted by molar-refractivity contribution is 5.92. The molecule has 2 fully saturated rings. The predicted octanol–water partition coefficient (Wildman–Crippen LogP) is 4.29. The number of imidazole rings is 1. The molecule has 10 nitrogen and oxygen atoms in total. The van der Waals surface area contributed by atoms with Crippen LogP contribution < -0.4 is 4.74 Å². The fourth-order valence-corrected chi connectivity index (χ4v) is 5.32. The second-order valence-corrected chi connectivity index (χ2v) is 10.4. The molecule has 4 heterocycles. The van der Waals surface area contributed by atoms with Gasteiger partial charge in [0.2, 0.25) is 5.82 Å². The van der Waals surface area contributed by atoms with Gasteiger partial charge < -0.3 is 19.1 Å². The number of likely N-dealkylation sites (tertiary alicyclic amines) is 1. The number of rotatable bonds is 9. The van der Waals surface area contributed by atoms with E-state index in [1.54, 1.807) is 22.9 Å². The number of halogens is 2. The normalized spacial score (nSPS) is 17.8. The van der Waals surface area contributed by atoms with Crippen molar-refractivity contribution in [3.05, 3.63) is 76.7 Å². The molecule has 2 aliphatic heterocycles. The number of benzene rings is 2. The first kappa shape index (κ1) is 26.9. The number of piperidine rings is 1. The Labute approximate surface area is 234 Å². The highest BCUT2D eigenvalue weighted by Crippen LogP contribution is 2.28. The monoisotopic (exact) mass is 562 g/mol. The van der Waals surface area contributed by atoms with Gasteiger partial charge in [0.1, 0.15) is 18.2 Å². The molecule has 1 atom stereocenters. The zero-order valence-corrected chi connectivity index (χ0v) is 22.2. The maximum Gasteiger partial charge on any atom is 0.335 e. The third kappa shape index (κ3) is 5.64. The standard InChI is InChI=1S/C29H28F2N6O4/c30-23-11-18(13-32)1-2-20(23)17-41-28-24(31)15-37(34-28)21-5-8-35(9-6-21)16-27-33-25-4-3-19(29(38)39)12-26(25)36(27)14-22-7-10-40-22/h1-4,11-12,15,21-22H,5-10,14,16-17H2,(H,38,39). The van der Waals surface area contributed by atoms with Crippen molar-refractivity contribution in [1.29, 1.82) is 5.26 Å². The van der Waals surface area contributed by atoms with Crippen LogP contribution in [0.4, 0.5) is 8.78 Å². The van der Waals surface area contributed by atoms with Crippen LogP contribution in [0.1, 0.15) is 52.6 Å². The molecule has 2 aromatic carbocycles.